The summed E-state index contributed by atoms with van der Waals surface area (Å²) in [7, 11) is -3.57. The molecule has 3 aromatic rings. The quantitative estimate of drug-likeness (QED) is 0.574. The Bertz CT molecular complexity index is 1050. The lowest BCUT2D eigenvalue weighted by Gasteiger charge is -2.08. The molecule has 0 fully saturated rings. The van der Waals surface area contributed by atoms with Crippen molar-refractivity contribution in [2.24, 2.45) is 5.73 Å². The van der Waals surface area contributed by atoms with Crippen molar-refractivity contribution in [3.05, 3.63) is 66.4 Å². The molecule has 0 aliphatic rings. The second kappa shape index (κ2) is 8.47. The van der Waals surface area contributed by atoms with Gasteiger partial charge < -0.3 is 15.9 Å². The van der Waals surface area contributed by atoms with E-state index in [1.54, 1.807) is 36.5 Å². The molecule has 2 aromatic carbocycles. The summed E-state index contributed by atoms with van der Waals surface area (Å²) in [4.78, 5) is 18.5. The van der Waals surface area contributed by atoms with Crippen LogP contribution in [0.2, 0.25) is 0 Å². The SMILES string of the molecule is NCCc1cccc2c1ccn2S(=O)(=O)c1ccccc1.O=C(O)C(=O)O. The van der Waals surface area contributed by atoms with Gasteiger partial charge in [-0.15, -0.1) is 0 Å². The van der Waals surface area contributed by atoms with E-state index in [1.807, 2.05) is 24.3 Å². The van der Waals surface area contributed by atoms with Gasteiger partial charge in [-0.1, -0.05) is 30.3 Å². The number of nitrogens with two attached hydrogens (primary N) is 1. The highest BCUT2D eigenvalue weighted by atomic mass is 32.2. The molecule has 0 aliphatic carbocycles. The van der Waals surface area contributed by atoms with Crippen LogP contribution in [0.5, 0.6) is 0 Å². The molecule has 0 saturated carbocycles. The van der Waals surface area contributed by atoms with Crippen LogP contribution in [0, 0.1) is 0 Å². The predicted molar refractivity (Wildman–Crippen MR) is 99.0 cm³/mol. The summed E-state index contributed by atoms with van der Waals surface area (Å²) >= 11 is 0. The summed E-state index contributed by atoms with van der Waals surface area (Å²) in [5, 5.41) is 15.7. The lowest BCUT2D eigenvalue weighted by molar-refractivity contribution is -0.159. The average Bonchev–Trinajstić information content (AvgIpc) is 3.09. The lowest BCUT2D eigenvalue weighted by Crippen LogP contribution is -2.11. The first-order chi connectivity index (χ1) is 12.8. The lowest BCUT2D eigenvalue weighted by atomic mass is 10.1. The van der Waals surface area contributed by atoms with Crippen molar-refractivity contribution in [2.45, 2.75) is 11.3 Å². The van der Waals surface area contributed by atoms with E-state index in [1.165, 1.54) is 3.97 Å². The van der Waals surface area contributed by atoms with Gasteiger partial charge in [0.1, 0.15) is 0 Å². The van der Waals surface area contributed by atoms with Crippen molar-refractivity contribution in [3.63, 3.8) is 0 Å². The van der Waals surface area contributed by atoms with Gasteiger partial charge in [-0.25, -0.2) is 22.0 Å². The number of rotatable bonds is 4. The molecule has 0 bridgehead atoms. The van der Waals surface area contributed by atoms with Crippen LogP contribution in [0.15, 0.2) is 65.7 Å². The molecule has 27 heavy (non-hydrogen) atoms. The van der Waals surface area contributed by atoms with Gasteiger partial charge in [0.25, 0.3) is 10.0 Å². The fourth-order valence-corrected chi connectivity index (χ4v) is 3.86. The van der Waals surface area contributed by atoms with E-state index < -0.39 is 22.0 Å². The van der Waals surface area contributed by atoms with Gasteiger partial charge >= 0.3 is 11.9 Å². The van der Waals surface area contributed by atoms with Crippen LogP contribution in [0.4, 0.5) is 0 Å². The van der Waals surface area contributed by atoms with E-state index in [0.29, 0.717) is 12.1 Å². The second-order valence-corrected chi connectivity index (χ2v) is 7.24. The molecule has 1 aromatic heterocycles. The van der Waals surface area contributed by atoms with E-state index >= 15 is 0 Å². The van der Waals surface area contributed by atoms with E-state index in [9.17, 15) is 8.42 Å². The average molecular weight is 390 g/mol. The fraction of sp³-hybridized carbons (Fsp3) is 0.111. The number of carboxylic acids is 2. The maximum absolute atomic E-state index is 12.7. The Hall–Kier alpha value is -3.17. The van der Waals surface area contributed by atoms with Crippen molar-refractivity contribution < 1.29 is 28.2 Å². The van der Waals surface area contributed by atoms with Gasteiger partial charge in [-0.05, 0) is 42.8 Å². The Kier molecular flexibility index (Phi) is 6.32. The number of aliphatic carboxylic acids is 2. The first kappa shape index (κ1) is 20.1. The van der Waals surface area contributed by atoms with Gasteiger partial charge in [-0.2, -0.15) is 0 Å². The van der Waals surface area contributed by atoms with Crippen LogP contribution in [0.1, 0.15) is 5.56 Å². The summed E-state index contributed by atoms with van der Waals surface area (Å²) in [6.45, 7) is 0.537. The summed E-state index contributed by atoms with van der Waals surface area (Å²) in [6.07, 6.45) is 2.33. The number of hydrogen-bond acceptors (Lipinski definition) is 5. The predicted octanol–water partition coefficient (Wildman–Crippen LogP) is 1.54. The Morgan fingerprint density at radius 1 is 0.926 bits per heavy atom. The van der Waals surface area contributed by atoms with Crippen LogP contribution in [0.3, 0.4) is 0 Å². The topological polar surface area (TPSA) is 140 Å². The van der Waals surface area contributed by atoms with Crippen molar-refractivity contribution in [1.29, 1.82) is 0 Å². The highest BCUT2D eigenvalue weighted by molar-refractivity contribution is 7.90. The van der Waals surface area contributed by atoms with E-state index in [4.69, 9.17) is 25.5 Å². The molecule has 9 heteroatoms. The molecule has 0 radical (unpaired) electrons. The molecule has 0 aliphatic heterocycles. The van der Waals surface area contributed by atoms with Crippen LogP contribution in [0.25, 0.3) is 10.9 Å². The van der Waals surface area contributed by atoms with Gasteiger partial charge in [0.15, 0.2) is 0 Å². The third-order valence-electron chi connectivity index (χ3n) is 3.68. The van der Waals surface area contributed by atoms with Gasteiger partial charge in [-0.3, -0.25) is 0 Å². The summed E-state index contributed by atoms with van der Waals surface area (Å²) in [5.74, 6) is -3.65. The number of benzene rings is 2. The molecule has 0 spiro atoms. The highest BCUT2D eigenvalue weighted by Gasteiger charge is 2.18. The van der Waals surface area contributed by atoms with Gasteiger partial charge in [0.2, 0.25) is 0 Å². The minimum absolute atomic E-state index is 0.284. The van der Waals surface area contributed by atoms with Crippen molar-refractivity contribution in [2.75, 3.05) is 6.54 Å². The molecule has 0 saturated heterocycles. The molecule has 0 unspecified atom stereocenters. The van der Waals surface area contributed by atoms with Crippen LogP contribution < -0.4 is 5.73 Å². The maximum atomic E-state index is 12.7. The van der Waals surface area contributed by atoms with Crippen LogP contribution in [-0.2, 0) is 26.0 Å². The number of fused-ring (bicyclic) bond motifs is 1. The maximum Gasteiger partial charge on any atom is 0.414 e. The molecule has 0 atom stereocenters. The number of aromatic nitrogens is 1. The fourth-order valence-electron chi connectivity index (χ4n) is 2.50. The first-order valence-corrected chi connectivity index (χ1v) is 9.29. The normalized spacial score (nSPS) is 10.9. The zero-order valence-electron chi connectivity index (χ0n) is 14.1. The van der Waals surface area contributed by atoms with Crippen LogP contribution >= 0.6 is 0 Å². The van der Waals surface area contributed by atoms with Crippen molar-refractivity contribution in [1.82, 2.24) is 3.97 Å². The Labute approximate surface area is 155 Å². The van der Waals surface area contributed by atoms with Crippen molar-refractivity contribution >= 4 is 32.9 Å². The Morgan fingerprint density at radius 3 is 2.11 bits per heavy atom. The first-order valence-electron chi connectivity index (χ1n) is 7.85. The minimum Gasteiger partial charge on any atom is -0.473 e. The smallest absolute Gasteiger partial charge is 0.414 e. The van der Waals surface area contributed by atoms with Crippen molar-refractivity contribution in [3.8, 4) is 0 Å². The molecular weight excluding hydrogens is 372 g/mol. The van der Waals surface area contributed by atoms with E-state index in [-0.39, 0.29) is 4.90 Å². The van der Waals surface area contributed by atoms with E-state index in [2.05, 4.69) is 0 Å². The minimum atomic E-state index is -3.57. The zero-order valence-corrected chi connectivity index (χ0v) is 15.0. The standard InChI is InChI=1S/C16H16N2O2S.C2H2O4/c17-11-9-13-5-4-8-16-15(13)10-12-18(16)21(19,20)14-6-2-1-3-7-14;3-1(4)2(5)6/h1-8,10,12H,9,11,17H2;(H,3,4)(H,5,6). The van der Waals surface area contributed by atoms with Crippen LogP contribution in [-0.4, -0.2) is 41.1 Å². The number of hydrogen-bond donors (Lipinski definition) is 3. The second-order valence-electron chi connectivity index (χ2n) is 5.43. The number of nitrogens with zero attached hydrogens (tertiary/aromatic N) is 1. The molecular formula is C18H18N2O6S. The van der Waals surface area contributed by atoms with Gasteiger partial charge in [0.05, 0.1) is 10.4 Å². The third kappa shape index (κ3) is 4.52. The molecule has 0 amide bonds. The van der Waals surface area contributed by atoms with E-state index in [0.717, 1.165) is 17.4 Å². The highest BCUT2D eigenvalue weighted by Crippen LogP contribution is 2.24. The summed E-state index contributed by atoms with van der Waals surface area (Å²) in [6, 6.07) is 15.9. The Morgan fingerprint density at radius 2 is 1.56 bits per heavy atom. The molecule has 3 rings (SSSR count). The molecule has 1 heterocycles. The Balaban J connectivity index is 0.000000380. The molecule has 8 nitrogen and oxygen atoms in total. The largest absolute Gasteiger partial charge is 0.473 e. The number of carboxylic acid groups (broad SMARTS) is 2. The van der Waals surface area contributed by atoms with Gasteiger partial charge in [0, 0.05) is 11.6 Å². The summed E-state index contributed by atoms with van der Waals surface area (Å²) < 4.78 is 26.8. The third-order valence-corrected chi connectivity index (χ3v) is 5.39. The zero-order chi connectivity index (χ0) is 20.0. The number of carbonyl (C=O) groups is 2. The molecule has 142 valence electrons. The summed E-state index contributed by atoms with van der Waals surface area (Å²) in [5.41, 5.74) is 7.36. The molecule has 4 N–H and O–H groups in total. The monoisotopic (exact) mass is 390 g/mol.